The maximum Gasteiger partial charge on any atom is 0.190 e. The van der Waals surface area contributed by atoms with Gasteiger partial charge in [-0.15, -0.1) is 0 Å². The Morgan fingerprint density at radius 1 is 0.231 bits per heavy atom. The van der Waals surface area contributed by atoms with Gasteiger partial charge in [-0.2, -0.15) is 5.26 Å². The second-order valence-corrected chi connectivity index (χ2v) is 29.1. The Labute approximate surface area is 673 Å². The molecule has 0 unspecified atom stereocenters. The summed E-state index contributed by atoms with van der Waals surface area (Å²) in [4.78, 5) is 22.5. The number of fused-ring (bicyclic) bond motifs is 15. The molecule has 117 heavy (non-hydrogen) atoms. The van der Waals surface area contributed by atoms with E-state index in [1.807, 2.05) is 48.5 Å². The van der Waals surface area contributed by atoms with Crippen molar-refractivity contribution in [2.45, 2.75) is 0 Å². The predicted molar refractivity (Wildman–Crippen MR) is 480 cm³/mol. The van der Waals surface area contributed by atoms with Crippen molar-refractivity contribution in [2.24, 2.45) is 0 Å². The Balaban J connectivity index is 0.000000114. The first-order valence-corrected chi connectivity index (χ1v) is 39.0. The Morgan fingerprint density at radius 2 is 0.530 bits per heavy atom. The van der Waals surface area contributed by atoms with Crippen molar-refractivity contribution in [1.29, 1.82) is 5.26 Å². The van der Waals surface area contributed by atoms with E-state index in [9.17, 15) is 0 Å². The monoisotopic (exact) mass is 1490 g/mol. The van der Waals surface area contributed by atoms with Crippen LogP contribution in [0.5, 0.6) is 0 Å². The standard InChI is InChI=1S/C46H30N4.C36H22N4.C24H15N3/c1-4-14-31(15-5-1)40-30-41(32-16-6-2-7-17-32)48-46(47-40)33-24-26-35(27-25-33)50-43-23-13-11-21-37(43)39-28-44-38(29-45(39)50)36-20-10-12-22-42(36)49(44)34-18-8-3-9-19-34;1-37-25-20-21-38-32(22-25)24-14-16-26(17-15-24)39-35-13-7-4-10-30(35)31-23-27(18-19-36(31)39)40-33-11-5-2-8-28(33)29-9-3-6-12-34(29)40;25-16-17-13-14-26-22(15-17)18-9-11-19(12-10-18)27-23-7-3-1-5-20(23)21-6-2-4-8-24(21)27/h1-30H;2-23H;1-15H. The lowest BCUT2D eigenvalue weighted by atomic mass is 10.1. The van der Waals surface area contributed by atoms with E-state index in [-0.39, 0.29) is 0 Å². The lowest BCUT2D eigenvalue weighted by Gasteiger charge is -2.11. The van der Waals surface area contributed by atoms with Crippen LogP contribution < -0.4 is 0 Å². The van der Waals surface area contributed by atoms with Crippen LogP contribution in [0.1, 0.15) is 5.56 Å². The van der Waals surface area contributed by atoms with Crippen molar-refractivity contribution >= 4 is 115 Å². The number of hydrogen-bond donors (Lipinski definition) is 0. The minimum Gasteiger partial charge on any atom is -0.309 e. The first kappa shape index (κ1) is 68.7. The van der Waals surface area contributed by atoms with Gasteiger partial charge in [0.15, 0.2) is 11.5 Å². The molecule has 23 aromatic rings. The van der Waals surface area contributed by atoms with Gasteiger partial charge >= 0.3 is 0 Å². The Bertz CT molecular complexity index is 7710. The first-order chi connectivity index (χ1) is 57.9. The summed E-state index contributed by atoms with van der Waals surface area (Å²) in [6.45, 7) is 7.32. The van der Waals surface area contributed by atoms with Crippen molar-refractivity contribution in [2.75, 3.05) is 0 Å². The lowest BCUT2D eigenvalue weighted by Crippen LogP contribution is -1.97. The quantitative estimate of drug-likeness (QED) is 0.127. The van der Waals surface area contributed by atoms with Gasteiger partial charge in [-0.25, -0.2) is 14.8 Å². The molecule has 0 aliphatic carbocycles. The van der Waals surface area contributed by atoms with E-state index in [1.165, 1.54) is 98.0 Å². The average Bonchev–Trinajstić information content (AvgIpc) is 1.57. The summed E-state index contributed by atoms with van der Waals surface area (Å²) >= 11 is 0. The molecule has 0 spiro atoms. The van der Waals surface area contributed by atoms with Gasteiger partial charge in [0.05, 0.1) is 96.1 Å². The summed E-state index contributed by atoms with van der Waals surface area (Å²) < 4.78 is 11.8. The maximum atomic E-state index is 9.10. The van der Waals surface area contributed by atoms with Crippen LogP contribution in [0.2, 0.25) is 0 Å². The number of benzene rings is 15. The van der Waals surface area contributed by atoms with Gasteiger partial charge in [0, 0.05) is 117 Å². The van der Waals surface area contributed by atoms with E-state index in [2.05, 4.69) is 377 Å². The van der Waals surface area contributed by atoms with Crippen LogP contribution in [0, 0.1) is 17.9 Å². The lowest BCUT2D eigenvalue weighted by molar-refractivity contribution is 1.16. The van der Waals surface area contributed by atoms with Crippen LogP contribution >= 0.6 is 0 Å². The Hall–Kier alpha value is -16.3. The van der Waals surface area contributed by atoms with Crippen molar-refractivity contribution in [3.63, 3.8) is 0 Å². The molecule has 0 saturated carbocycles. The van der Waals surface area contributed by atoms with Gasteiger partial charge < -0.3 is 22.8 Å². The molecule has 15 aromatic carbocycles. The molecular weight excluding hydrogens is 1430 g/mol. The molecular formula is C106H67N11. The highest BCUT2D eigenvalue weighted by Gasteiger charge is 2.22. The van der Waals surface area contributed by atoms with Crippen LogP contribution in [0.15, 0.2) is 407 Å². The normalized spacial score (nSPS) is 11.4. The minimum atomic E-state index is 0.593. The zero-order valence-corrected chi connectivity index (χ0v) is 63.1. The van der Waals surface area contributed by atoms with Crippen LogP contribution in [-0.4, -0.2) is 42.8 Å². The molecule has 0 bridgehead atoms. The molecule has 23 rings (SSSR count). The number of aromatic nitrogens is 9. The maximum absolute atomic E-state index is 9.10. The molecule has 11 nitrogen and oxygen atoms in total. The van der Waals surface area contributed by atoms with Gasteiger partial charge in [0.2, 0.25) is 0 Å². The third-order valence-electron chi connectivity index (χ3n) is 22.4. The largest absolute Gasteiger partial charge is 0.309 e. The molecule has 0 aliphatic heterocycles. The van der Waals surface area contributed by atoms with E-state index in [4.69, 9.17) is 21.8 Å². The zero-order chi connectivity index (χ0) is 77.9. The van der Waals surface area contributed by atoms with E-state index >= 15 is 0 Å². The molecule has 11 heteroatoms. The predicted octanol–water partition coefficient (Wildman–Crippen LogP) is 26.9. The second kappa shape index (κ2) is 29.1. The fourth-order valence-corrected chi connectivity index (χ4v) is 17.1. The summed E-state index contributed by atoms with van der Waals surface area (Å²) in [6, 6.07) is 140. The van der Waals surface area contributed by atoms with Crippen LogP contribution in [-0.2, 0) is 0 Å². The van der Waals surface area contributed by atoms with E-state index in [1.54, 1.807) is 24.5 Å². The molecule has 0 amide bonds. The number of rotatable bonds is 10. The highest BCUT2D eigenvalue weighted by molar-refractivity contribution is 6.19. The fourth-order valence-electron chi connectivity index (χ4n) is 17.1. The number of para-hydroxylation sites is 8. The highest BCUT2D eigenvalue weighted by atomic mass is 15.0. The van der Waals surface area contributed by atoms with Crippen molar-refractivity contribution in [3.8, 4) is 90.9 Å². The molecule has 8 aromatic heterocycles. The molecule has 546 valence electrons. The summed E-state index contributed by atoms with van der Waals surface area (Å²) in [5.74, 6) is 0.703. The summed E-state index contributed by atoms with van der Waals surface area (Å²) in [5, 5.41) is 21.5. The van der Waals surface area contributed by atoms with Gasteiger partial charge in [-0.1, -0.05) is 231 Å². The summed E-state index contributed by atoms with van der Waals surface area (Å²) in [5.41, 5.74) is 27.2. The third kappa shape index (κ3) is 12.2. The third-order valence-corrected chi connectivity index (χ3v) is 22.4. The molecule has 0 N–H and O–H groups in total. The van der Waals surface area contributed by atoms with Gasteiger partial charge in [-0.3, -0.25) is 9.97 Å². The van der Waals surface area contributed by atoms with Crippen LogP contribution in [0.4, 0.5) is 5.69 Å². The molecule has 0 aliphatic rings. The summed E-state index contributed by atoms with van der Waals surface area (Å²) in [6.07, 6.45) is 3.37. The van der Waals surface area contributed by atoms with Crippen molar-refractivity contribution in [1.82, 2.24) is 42.8 Å². The molecule has 0 atom stereocenters. The van der Waals surface area contributed by atoms with Crippen LogP contribution in [0.25, 0.3) is 199 Å². The van der Waals surface area contributed by atoms with Gasteiger partial charge in [-0.05, 0) is 169 Å². The highest BCUT2D eigenvalue weighted by Crippen LogP contribution is 2.43. The van der Waals surface area contributed by atoms with Gasteiger partial charge in [0.25, 0.3) is 0 Å². The van der Waals surface area contributed by atoms with Crippen molar-refractivity contribution < 1.29 is 0 Å². The van der Waals surface area contributed by atoms with E-state index < -0.39 is 0 Å². The second-order valence-electron chi connectivity index (χ2n) is 29.1. The SMILES string of the molecule is N#Cc1ccnc(-c2ccc(-n3c4ccccc4c4ccccc43)cc2)c1.[C-]#[N+]c1ccnc(-c2ccc(-n3c4ccccc4c4cc(-n5c6ccccc6c6ccccc65)ccc43)cc2)c1.c1ccc(-c2cc(-c3ccccc3)nc(-c3ccc(-n4c5ccccc5c5cc6c(cc54)c4ccccc4n6-c4ccccc4)cc3)n2)cc1. The Morgan fingerprint density at radius 3 is 0.932 bits per heavy atom. The van der Waals surface area contributed by atoms with Crippen LogP contribution in [0.3, 0.4) is 0 Å². The number of nitriles is 1. The number of nitrogens with zero attached hydrogens (tertiary/aromatic N) is 11. The minimum absolute atomic E-state index is 0.593. The molecule has 8 heterocycles. The van der Waals surface area contributed by atoms with E-state index in [0.29, 0.717) is 17.1 Å². The first-order valence-electron chi connectivity index (χ1n) is 39.0. The number of hydrogen-bond acceptors (Lipinski definition) is 5. The smallest absolute Gasteiger partial charge is 0.190 e. The van der Waals surface area contributed by atoms with Crippen molar-refractivity contribution in [3.05, 3.63) is 424 Å². The Kier molecular flexibility index (Phi) is 17.1. The fraction of sp³-hybridized carbons (Fsp3) is 0. The zero-order valence-electron chi connectivity index (χ0n) is 63.1. The molecule has 0 saturated heterocycles. The molecule has 0 radical (unpaired) electrons. The summed E-state index contributed by atoms with van der Waals surface area (Å²) in [7, 11) is 0. The molecule has 0 fully saturated rings. The topological polar surface area (TPSA) is 104 Å². The number of pyridine rings is 2. The van der Waals surface area contributed by atoms with E-state index in [0.717, 1.165) is 90.1 Å². The van der Waals surface area contributed by atoms with Gasteiger partial charge in [0.1, 0.15) is 0 Å². The average molecular weight is 1490 g/mol.